The average Bonchev–Trinajstić information content (AvgIpc) is 2.71. The summed E-state index contributed by atoms with van der Waals surface area (Å²) in [5.74, 6) is 0.115. The first kappa shape index (κ1) is 11.1. The van der Waals surface area contributed by atoms with Crippen LogP contribution in [-0.4, -0.2) is 6.54 Å². The van der Waals surface area contributed by atoms with Crippen LogP contribution in [0.15, 0.2) is 34.7 Å². The van der Waals surface area contributed by atoms with Crippen LogP contribution in [0.4, 0.5) is 4.39 Å². The third-order valence-corrected chi connectivity index (χ3v) is 3.05. The quantitative estimate of drug-likeness (QED) is 0.864. The van der Waals surface area contributed by atoms with Gasteiger partial charge < -0.3 is 10.2 Å². The van der Waals surface area contributed by atoms with E-state index in [1.807, 2.05) is 24.3 Å². The highest BCUT2D eigenvalue weighted by Crippen LogP contribution is 2.36. The molecule has 2 N–H and O–H groups in total. The third-order valence-electron chi connectivity index (χ3n) is 3.05. The van der Waals surface area contributed by atoms with Crippen LogP contribution in [0.5, 0.6) is 0 Å². The molecular formula is C13H16FNO. The Morgan fingerprint density at radius 2 is 2.06 bits per heavy atom. The van der Waals surface area contributed by atoms with Crippen molar-refractivity contribution in [1.82, 2.24) is 0 Å². The maximum atomic E-state index is 14.6. The van der Waals surface area contributed by atoms with Crippen LogP contribution in [0.2, 0.25) is 0 Å². The lowest BCUT2D eigenvalue weighted by Crippen LogP contribution is -2.35. The standard InChI is InChI=1S/C13H16FNO/c1-9(2)13(14,8-15)12-7-10-5-3-4-6-11(10)16-12/h3-7,9H,8,15H2,1-2H3. The van der Waals surface area contributed by atoms with Gasteiger partial charge in [0.05, 0.1) is 0 Å². The highest BCUT2D eigenvalue weighted by molar-refractivity contribution is 5.77. The molecule has 16 heavy (non-hydrogen) atoms. The summed E-state index contributed by atoms with van der Waals surface area (Å²) >= 11 is 0. The van der Waals surface area contributed by atoms with Crippen LogP contribution >= 0.6 is 0 Å². The molecule has 1 heterocycles. The summed E-state index contributed by atoms with van der Waals surface area (Å²) in [4.78, 5) is 0. The zero-order valence-corrected chi connectivity index (χ0v) is 9.53. The van der Waals surface area contributed by atoms with E-state index in [-0.39, 0.29) is 12.5 Å². The van der Waals surface area contributed by atoms with Gasteiger partial charge in [0, 0.05) is 11.9 Å². The van der Waals surface area contributed by atoms with Crippen molar-refractivity contribution in [1.29, 1.82) is 0 Å². The number of rotatable bonds is 3. The summed E-state index contributed by atoms with van der Waals surface area (Å²) in [7, 11) is 0. The number of benzene rings is 1. The topological polar surface area (TPSA) is 39.2 Å². The molecule has 0 amide bonds. The number of nitrogens with two attached hydrogens (primary N) is 1. The minimum atomic E-state index is -1.58. The fraction of sp³-hybridized carbons (Fsp3) is 0.385. The SMILES string of the molecule is CC(C)C(F)(CN)c1cc2ccccc2o1. The first-order chi connectivity index (χ1) is 7.58. The second-order valence-electron chi connectivity index (χ2n) is 4.37. The second-order valence-corrected chi connectivity index (χ2v) is 4.37. The fourth-order valence-corrected chi connectivity index (χ4v) is 1.81. The molecule has 2 nitrogen and oxygen atoms in total. The molecular weight excluding hydrogens is 205 g/mol. The molecule has 0 saturated carbocycles. The van der Waals surface area contributed by atoms with Gasteiger partial charge in [-0.1, -0.05) is 32.0 Å². The summed E-state index contributed by atoms with van der Waals surface area (Å²) in [5.41, 5.74) is 4.64. The van der Waals surface area contributed by atoms with E-state index < -0.39 is 5.67 Å². The van der Waals surface area contributed by atoms with Crippen molar-refractivity contribution < 1.29 is 8.81 Å². The number of alkyl halides is 1. The maximum absolute atomic E-state index is 14.6. The molecule has 0 aliphatic rings. The Balaban J connectivity index is 2.54. The summed E-state index contributed by atoms with van der Waals surface area (Å²) in [6.07, 6.45) is 0. The number of furan rings is 1. The minimum Gasteiger partial charge on any atom is -0.458 e. The predicted octanol–water partition coefficient (Wildman–Crippen LogP) is 3.21. The van der Waals surface area contributed by atoms with Crippen molar-refractivity contribution in [2.75, 3.05) is 6.54 Å². The number of hydrogen-bond acceptors (Lipinski definition) is 2. The highest BCUT2D eigenvalue weighted by atomic mass is 19.1. The number of para-hydroxylation sites is 1. The van der Waals surface area contributed by atoms with E-state index in [0.29, 0.717) is 11.3 Å². The Kier molecular flexibility index (Phi) is 2.72. The lowest BCUT2D eigenvalue weighted by molar-refractivity contribution is 0.0827. The maximum Gasteiger partial charge on any atom is 0.182 e. The van der Waals surface area contributed by atoms with Gasteiger partial charge in [0.25, 0.3) is 0 Å². The van der Waals surface area contributed by atoms with Crippen LogP contribution in [-0.2, 0) is 5.67 Å². The monoisotopic (exact) mass is 221 g/mol. The van der Waals surface area contributed by atoms with Crippen LogP contribution < -0.4 is 5.73 Å². The van der Waals surface area contributed by atoms with E-state index in [1.54, 1.807) is 19.9 Å². The molecule has 2 rings (SSSR count). The predicted molar refractivity (Wildman–Crippen MR) is 62.9 cm³/mol. The Labute approximate surface area is 94.2 Å². The van der Waals surface area contributed by atoms with Crippen LogP contribution in [0.25, 0.3) is 11.0 Å². The van der Waals surface area contributed by atoms with Gasteiger partial charge in [0.2, 0.25) is 0 Å². The van der Waals surface area contributed by atoms with Gasteiger partial charge in [-0.15, -0.1) is 0 Å². The summed E-state index contributed by atoms with van der Waals surface area (Å²) in [6, 6.07) is 9.24. The molecule has 3 heteroatoms. The van der Waals surface area contributed by atoms with Gasteiger partial charge in [-0.25, -0.2) is 4.39 Å². The summed E-state index contributed by atoms with van der Waals surface area (Å²) in [6.45, 7) is 3.55. The Morgan fingerprint density at radius 1 is 1.38 bits per heavy atom. The largest absolute Gasteiger partial charge is 0.458 e. The summed E-state index contributed by atoms with van der Waals surface area (Å²) in [5, 5.41) is 0.911. The average molecular weight is 221 g/mol. The Bertz CT molecular complexity index is 458. The molecule has 1 atom stereocenters. The molecule has 0 saturated heterocycles. The van der Waals surface area contributed by atoms with Gasteiger partial charge in [-0.2, -0.15) is 0 Å². The van der Waals surface area contributed by atoms with E-state index in [2.05, 4.69) is 0 Å². The lowest BCUT2D eigenvalue weighted by Gasteiger charge is -2.25. The number of halogens is 1. The zero-order valence-electron chi connectivity index (χ0n) is 9.53. The first-order valence-corrected chi connectivity index (χ1v) is 5.46. The lowest BCUT2D eigenvalue weighted by atomic mass is 9.90. The van der Waals surface area contributed by atoms with E-state index in [1.165, 1.54) is 0 Å². The molecule has 0 aliphatic carbocycles. The second kappa shape index (κ2) is 3.91. The molecule has 1 aromatic heterocycles. The van der Waals surface area contributed by atoms with Gasteiger partial charge in [0.1, 0.15) is 11.3 Å². The summed E-state index contributed by atoms with van der Waals surface area (Å²) < 4.78 is 20.1. The van der Waals surface area contributed by atoms with Crippen molar-refractivity contribution in [3.8, 4) is 0 Å². The normalized spacial score (nSPS) is 15.6. The number of fused-ring (bicyclic) bond motifs is 1. The van der Waals surface area contributed by atoms with Crippen molar-refractivity contribution in [3.05, 3.63) is 36.1 Å². The number of hydrogen-bond donors (Lipinski definition) is 1. The molecule has 0 fully saturated rings. The van der Waals surface area contributed by atoms with E-state index in [0.717, 1.165) is 5.39 Å². The molecule has 2 aromatic rings. The third kappa shape index (κ3) is 1.61. The molecule has 1 unspecified atom stereocenters. The molecule has 86 valence electrons. The van der Waals surface area contributed by atoms with Crippen molar-refractivity contribution in [3.63, 3.8) is 0 Å². The van der Waals surface area contributed by atoms with Crippen molar-refractivity contribution in [2.24, 2.45) is 11.7 Å². The van der Waals surface area contributed by atoms with Gasteiger partial charge in [-0.3, -0.25) is 0 Å². The highest BCUT2D eigenvalue weighted by Gasteiger charge is 2.37. The van der Waals surface area contributed by atoms with Crippen molar-refractivity contribution >= 4 is 11.0 Å². The Hall–Kier alpha value is -1.35. The van der Waals surface area contributed by atoms with Gasteiger partial charge in [0.15, 0.2) is 5.67 Å². The smallest absolute Gasteiger partial charge is 0.182 e. The van der Waals surface area contributed by atoms with E-state index in [9.17, 15) is 4.39 Å². The van der Waals surface area contributed by atoms with E-state index >= 15 is 0 Å². The van der Waals surface area contributed by atoms with Crippen molar-refractivity contribution in [2.45, 2.75) is 19.5 Å². The first-order valence-electron chi connectivity index (χ1n) is 5.46. The van der Waals surface area contributed by atoms with Crippen LogP contribution in [0, 0.1) is 5.92 Å². The molecule has 0 radical (unpaired) electrons. The molecule has 0 aliphatic heterocycles. The van der Waals surface area contributed by atoms with E-state index in [4.69, 9.17) is 10.2 Å². The molecule has 1 aromatic carbocycles. The zero-order chi connectivity index (χ0) is 11.8. The fourth-order valence-electron chi connectivity index (χ4n) is 1.81. The minimum absolute atomic E-state index is 0.0650. The Morgan fingerprint density at radius 3 is 2.62 bits per heavy atom. The van der Waals surface area contributed by atoms with Gasteiger partial charge >= 0.3 is 0 Å². The van der Waals surface area contributed by atoms with Crippen LogP contribution in [0.3, 0.4) is 0 Å². The molecule has 0 spiro atoms. The van der Waals surface area contributed by atoms with Gasteiger partial charge in [-0.05, 0) is 18.1 Å². The van der Waals surface area contributed by atoms with Crippen LogP contribution in [0.1, 0.15) is 19.6 Å². The molecule has 0 bridgehead atoms.